The number of aliphatic hydroxyl groups is 2. The van der Waals surface area contributed by atoms with Gasteiger partial charge in [0.25, 0.3) is 0 Å². The van der Waals surface area contributed by atoms with Crippen LogP contribution in [0.2, 0.25) is 0 Å². The number of amides is 2. The van der Waals surface area contributed by atoms with Crippen LogP contribution in [-0.2, 0) is 50.7 Å². The van der Waals surface area contributed by atoms with Gasteiger partial charge in [0.05, 0.1) is 19.5 Å². The first kappa shape index (κ1) is 59.8. The number of thioether (sulfide) groups is 1. The fraction of sp³-hybridized carbons (Fsp3) is 0.610. The van der Waals surface area contributed by atoms with E-state index in [0.717, 1.165) is 61.1 Å². The van der Waals surface area contributed by atoms with Crippen molar-refractivity contribution >= 4 is 69.1 Å². The number of aliphatic hydroxyl groups excluding tert-OH is 2. The van der Waals surface area contributed by atoms with E-state index in [0.29, 0.717) is 18.6 Å². The lowest BCUT2D eigenvalue weighted by molar-refractivity contribution is -0.137. The quantitative estimate of drug-likeness (QED) is 0.0263. The number of rotatable bonds is 33. The Morgan fingerprint density at radius 1 is 0.884 bits per heavy atom. The number of phosphoric acid groups is 3. The van der Waals surface area contributed by atoms with Crippen molar-refractivity contribution < 1.29 is 80.5 Å². The summed E-state index contributed by atoms with van der Waals surface area (Å²) in [5, 5.41) is 26.6. The molecule has 3 rings (SSSR count). The molecule has 2 aromatic rings. The summed E-state index contributed by atoms with van der Waals surface area (Å²) in [5.74, 6) is -1.09. The molecule has 69 heavy (non-hydrogen) atoms. The first-order valence-electron chi connectivity index (χ1n) is 22.2. The predicted octanol–water partition coefficient (Wildman–Crippen LogP) is 4.81. The van der Waals surface area contributed by atoms with Crippen molar-refractivity contribution in [3.8, 4) is 0 Å². The minimum atomic E-state index is -5.58. The molecule has 1 fully saturated rings. The van der Waals surface area contributed by atoms with E-state index < -0.39 is 84.6 Å². The van der Waals surface area contributed by atoms with Crippen LogP contribution in [0.4, 0.5) is 5.82 Å². The number of unbranched alkanes of at least 4 members (excludes halogenated alkanes) is 4. The average molecular weight is 1050 g/mol. The third-order valence-electron chi connectivity index (χ3n) is 9.97. The molecule has 3 heterocycles. The summed E-state index contributed by atoms with van der Waals surface area (Å²) >= 11 is 1.11. The van der Waals surface area contributed by atoms with E-state index in [1.165, 1.54) is 33.1 Å². The van der Waals surface area contributed by atoms with Crippen LogP contribution in [0.25, 0.3) is 11.2 Å². The standard InChI is InChI=1S/C41H66N7O17P3S/c1-4-5-6-7-8-9-10-11-12-13-14-15-16-17-18-19-20-21-32(50)69-25-24-43-31(49)22-23-44-39(53)36(52)41(2,3)27-62-68(59,60)65-67(57,58)61-26-30-35(64-66(54,55)56)34(51)40(63-30)48-29-47-33-37(42)45-28-46-38(33)48/h8-9,11-12,14-15,17-18,28-30,34-36,40,51-52H,4-7,10,13,16,19-27H2,1-3H3,(H,43,49)(H,44,53)(H,57,58)(H,59,60)(H2,42,45,46)(H2,54,55,56)/t30-,34-,35+,36+,40-/m1/s1. The molecule has 0 saturated carbocycles. The molecule has 2 amide bonds. The smallest absolute Gasteiger partial charge is 0.386 e. The predicted molar refractivity (Wildman–Crippen MR) is 256 cm³/mol. The van der Waals surface area contributed by atoms with Crippen molar-refractivity contribution in [1.82, 2.24) is 30.2 Å². The van der Waals surface area contributed by atoms with Gasteiger partial charge < -0.3 is 50.9 Å². The molecule has 24 nitrogen and oxygen atoms in total. The molecule has 28 heteroatoms. The van der Waals surface area contributed by atoms with Crippen LogP contribution in [0, 0.1) is 5.41 Å². The van der Waals surface area contributed by atoms with Crippen LogP contribution in [0.15, 0.2) is 61.3 Å². The number of allylic oxidation sites excluding steroid dienone is 8. The van der Waals surface area contributed by atoms with Crippen molar-refractivity contribution in [2.45, 2.75) is 122 Å². The summed E-state index contributed by atoms with van der Waals surface area (Å²) < 4.78 is 62.4. The highest BCUT2D eigenvalue weighted by Crippen LogP contribution is 2.61. The Bertz CT molecular complexity index is 2220. The second-order valence-corrected chi connectivity index (χ2v) is 21.7. The molecule has 0 spiro atoms. The van der Waals surface area contributed by atoms with Crippen LogP contribution < -0.4 is 16.4 Å². The summed E-state index contributed by atoms with van der Waals surface area (Å²) in [6.45, 7) is 2.71. The van der Waals surface area contributed by atoms with Crippen LogP contribution in [0.1, 0.15) is 97.6 Å². The Hall–Kier alpha value is -3.48. The van der Waals surface area contributed by atoms with Gasteiger partial charge in [-0.2, -0.15) is 4.31 Å². The van der Waals surface area contributed by atoms with E-state index >= 15 is 0 Å². The number of carbonyl (C=O) groups excluding carboxylic acids is 3. The highest BCUT2D eigenvalue weighted by molar-refractivity contribution is 8.13. The number of nitrogens with two attached hydrogens (primary N) is 1. The number of hydrogen-bond donors (Lipinski definition) is 9. The monoisotopic (exact) mass is 1050 g/mol. The summed E-state index contributed by atoms with van der Waals surface area (Å²) in [6, 6.07) is 0. The number of nitrogen functional groups attached to an aromatic ring is 1. The molecule has 2 aromatic heterocycles. The topological polar surface area (TPSA) is 364 Å². The number of hydrogen-bond acceptors (Lipinski definition) is 18. The van der Waals surface area contributed by atoms with Crippen molar-refractivity contribution in [3.63, 3.8) is 0 Å². The fourth-order valence-electron chi connectivity index (χ4n) is 6.29. The van der Waals surface area contributed by atoms with Crippen molar-refractivity contribution in [1.29, 1.82) is 0 Å². The molecule has 388 valence electrons. The number of nitrogens with zero attached hydrogens (tertiary/aromatic N) is 4. The molecule has 1 saturated heterocycles. The minimum absolute atomic E-state index is 0.0112. The second kappa shape index (κ2) is 29.8. The average Bonchev–Trinajstić information content (AvgIpc) is 3.84. The lowest BCUT2D eigenvalue weighted by atomic mass is 9.87. The van der Waals surface area contributed by atoms with E-state index in [-0.39, 0.29) is 41.6 Å². The molecule has 7 atom stereocenters. The van der Waals surface area contributed by atoms with Crippen molar-refractivity contribution in [2.24, 2.45) is 5.41 Å². The molecular weight excluding hydrogens is 987 g/mol. The molecule has 0 radical (unpaired) electrons. The highest BCUT2D eigenvalue weighted by atomic mass is 32.2. The molecule has 1 aliphatic rings. The lowest BCUT2D eigenvalue weighted by Gasteiger charge is -2.30. The number of anilines is 1. The van der Waals surface area contributed by atoms with Gasteiger partial charge in [-0.15, -0.1) is 0 Å². The second-order valence-electron chi connectivity index (χ2n) is 16.3. The van der Waals surface area contributed by atoms with Crippen molar-refractivity contribution in [3.05, 3.63) is 61.3 Å². The van der Waals surface area contributed by atoms with Crippen LogP contribution in [-0.4, -0.2) is 123 Å². The molecule has 0 bridgehead atoms. The largest absolute Gasteiger partial charge is 0.481 e. The molecule has 1 aliphatic heterocycles. The van der Waals surface area contributed by atoms with E-state index in [4.69, 9.17) is 19.5 Å². The third kappa shape index (κ3) is 22.6. The van der Waals surface area contributed by atoms with Gasteiger partial charge in [0.2, 0.25) is 11.8 Å². The fourth-order valence-corrected chi connectivity index (χ4v) is 9.84. The Balaban J connectivity index is 1.31. The van der Waals surface area contributed by atoms with Crippen molar-refractivity contribution in [2.75, 3.05) is 37.8 Å². The van der Waals surface area contributed by atoms with E-state index in [1.54, 1.807) is 0 Å². The van der Waals surface area contributed by atoms with E-state index in [1.807, 2.05) is 0 Å². The highest BCUT2D eigenvalue weighted by Gasteiger charge is 2.50. The Morgan fingerprint density at radius 2 is 1.51 bits per heavy atom. The van der Waals surface area contributed by atoms with Crippen LogP contribution in [0.3, 0.4) is 0 Å². The SMILES string of the molecule is CCCCCC=CCC=CCC=CCC=CCCCC(=O)SCCNC(=O)CCNC(=O)[C@H](O)C(C)(C)COP(=O)(O)OP(=O)(O)OC[C@H]1O[C@@H](n2cnc3c(N)ncnc32)[C@H](O)[C@H]1OP(=O)(O)O. The number of ether oxygens (including phenoxy) is 1. The minimum Gasteiger partial charge on any atom is -0.386 e. The van der Waals surface area contributed by atoms with E-state index in [9.17, 15) is 57.9 Å². The molecule has 2 unspecified atom stereocenters. The van der Waals surface area contributed by atoms with Gasteiger partial charge >= 0.3 is 23.5 Å². The summed E-state index contributed by atoms with van der Waals surface area (Å²) in [7, 11) is -16.4. The maximum atomic E-state index is 12.7. The number of fused-ring (bicyclic) bond motifs is 1. The zero-order valence-electron chi connectivity index (χ0n) is 38.8. The molecule has 0 aromatic carbocycles. The Morgan fingerprint density at radius 3 is 2.14 bits per heavy atom. The zero-order valence-corrected chi connectivity index (χ0v) is 42.3. The van der Waals surface area contributed by atoms with Gasteiger partial charge in [-0.3, -0.25) is 32.5 Å². The molecular formula is C41H66N7O17P3S. The first-order chi connectivity index (χ1) is 32.6. The maximum Gasteiger partial charge on any atom is 0.481 e. The van der Waals surface area contributed by atoms with Gasteiger partial charge in [-0.1, -0.05) is 94.0 Å². The number of phosphoric ester groups is 3. The zero-order chi connectivity index (χ0) is 51.1. The normalized spacial score (nSPS) is 20.3. The van der Waals surface area contributed by atoms with Gasteiger partial charge in [0.1, 0.15) is 36.3 Å². The summed E-state index contributed by atoms with van der Waals surface area (Å²) in [5.41, 5.74) is 4.27. The Labute approximate surface area is 405 Å². The first-order valence-corrected chi connectivity index (χ1v) is 27.7. The van der Waals surface area contributed by atoms with Crippen LogP contribution in [0.5, 0.6) is 0 Å². The van der Waals surface area contributed by atoms with Gasteiger partial charge in [-0.25, -0.2) is 28.6 Å². The number of aromatic nitrogens is 4. The molecule has 10 N–H and O–H groups in total. The number of carbonyl (C=O) groups is 3. The third-order valence-corrected chi connectivity index (χ3v) is 14.0. The number of imidazole rings is 1. The van der Waals surface area contributed by atoms with E-state index in [2.05, 4.69) is 90.0 Å². The van der Waals surface area contributed by atoms with Gasteiger partial charge in [0.15, 0.2) is 22.8 Å². The van der Waals surface area contributed by atoms with Gasteiger partial charge in [-0.05, 0) is 44.9 Å². The van der Waals surface area contributed by atoms with Gasteiger partial charge in [0, 0.05) is 37.1 Å². The lowest BCUT2D eigenvalue weighted by Crippen LogP contribution is -2.46. The summed E-state index contributed by atoms with van der Waals surface area (Å²) in [6.07, 6.45) is 19.7. The number of nitrogens with one attached hydrogen (secondary N) is 2. The summed E-state index contributed by atoms with van der Waals surface area (Å²) in [4.78, 5) is 88.3. The maximum absolute atomic E-state index is 12.7. The Kier molecular flexibility index (Phi) is 25.8. The molecule has 0 aliphatic carbocycles. The van der Waals surface area contributed by atoms with Crippen LogP contribution >= 0.6 is 35.2 Å².